The van der Waals surface area contributed by atoms with Gasteiger partial charge in [-0.05, 0) is 43.2 Å². The van der Waals surface area contributed by atoms with Crippen molar-refractivity contribution in [2.24, 2.45) is 4.99 Å². The largest absolute Gasteiger partial charge is 0.504 e. The molecule has 0 aromatic heterocycles. The molecule has 1 aliphatic rings. The van der Waals surface area contributed by atoms with E-state index in [1.807, 2.05) is 31.2 Å². The third-order valence-corrected chi connectivity index (χ3v) is 5.85. The van der Waals surface area contributed by atoms with Crippen molar-refractivity contribution in [2.75, 3.05) is 6.61 Å². The van der Waals surface area contributed by atoms with E-state index in [-0.39, 0.29) is 18.0 Å². The van der Waals surface area contributed by atoms with E-state index in [9.17, 15) is 5.11 Å². The Hall–Kier alpha value is -2.63. The minimum absolute atomic E-state index is 0.0899. The van der Waals surface area contributed by atoms with Gasteiger partial charge < -0.3 is 9.84 Å². The number of rotatable bonds is 5. The van der Waals surface area contributed by atoms with Crippen molar-refractivity contribution in [2.45, 2.75) is 32.5 Å². The van der Waals surface area contributed by atoms with Crippen molar-refractivity contribution in [1.82, 2.24) is 5.32 Å². The van der Waals surface area contributed by atoms with Gasteiger partial charge in [-0.25, -0.2) is 0 Å². The van der Waals surface area contributed by atoms with Crippen LogP contribution < -0.4 is 10.1 Å². The van der Waals surface area contributed by atoms with E-state index in [2.05, 4.69) is 64.6 Å². The summed E-state index contributed by atoms with van der Waals surface area (Å²) in [5, 5.41) is 14.5. The predicted octanol–water partition coefficient (Wildman–Crippen LogP) is 6.08. The summed E-state index contributed by atoms with van der Waals surface area (Å²) in [6.07, 6.45) is 0.478. The van der Waals surface area contributed by atoms with E-state index in [0.29, 0.717) is 18.8 Å². The second kappa shape index (κ2) is 9.02. The zero-order chi connectivity index (χ0) is 21.1. The average Bonchev–Trinajstić information content (AvgIpc) is 2.76. The molecule has 154 valence electrons. The molecule has 3 aromatic rings. The topological polar surface area (TPSA) is 53.8 Å². The third-order valence-electron chi connectivity index (χ3n) is 5.32. The molecule has 1 heterocycles. The summed E-state index contributed by atoms with van der Waals surface area (Å²) in [4.78, 5) is 5.02. The Morgan fingerprint density at radius 2 is 1.80 bits per heavy atom. The minimum atomic E-state index is -0.196. The molecule has 0 saturated heterocycles. The molecular formula is C25H25BrN2O2. The Bertz CT molecular complexity index is 1050. The maximum atomic E-state index is 10.8. The first-order valence-electron chi connectivity index (χ1n) is 10.1. The number of nitrogens with one attached hydrogen (secondary N) is 1. The van der Waals surface area contributed by atoms with Crippen LogP contribution in [0.4, 0.5) is 0 Å². The quantitative estimate of drug-likeness (QED) is 0.480. The number of ether oxygens (including phenoxy) is 1. The van der Waals surface area contributed by atoms with Gasteiger partial charge in [0.05, 0.1) is 6.61 Å². The molecule has 0 spiro atoms. The summed E-state index contributed by atoms with van der Waals surface area (Å²) in [5.74, 6) is 0.702. The molecule has 0 radical (unpaired) electrons. The van der Waals surface area contributed by atoms with Crippen molar-refractivity contribution in [3.8, 4) is 11.5 Å². The Morgan fingerprint density at radius 1 is 1.07 bits per heavy atom. The molecule has 5 heteroatoms. The molecule has 2 atom stereocenters. The van der Waals surface area contributed by atoms with Crippen LogP contribution in [-0.4, -0.2) is 17.4 Å². The Kier molecular flexibility index (Phi) is 6.21. The lowest BCUT2D eigenvalue weighted by Crippen LogP contribution is -2.33. The molecule has 0 unspecified atom stereocenters. The van der Waals surface area contributed by atoms with Crippen molar-refractivity contribution < 1.29 is 9.84 Å². The van der Waals surface area contributed by atoms with Gasteiger partial charge in [-0.2, -0.15) is 0 Å². The number of phenols is 1. The monoisotopic (exact) mass is 464 g/mol. The number of halogens is 1. The van der Waals surface area contributed by atoms with Crippen LogP contribution in [-0.2, 0) is 0 Å². The molecule has 0 saturated carbocycles. The van der Waals surface area contributed by atoms with Crippen LogP contribution in [0.1, 0.15) is 47.8 Å². The lowest BCUT2D eigenvalue weighted by Gasteiger charge is -2.31. The van der Waals surface area contributed by atoms with Crippen molar-refractivity contribution in [3.63, 3.8) is 0 Å². The van der Waals surface area contributed by atoms with E-state index in [1.54, 1.807) is 6.07 Å². The predicted molar refractivity (Wildman–Crippen MR) is 124 cm³/mol. The van der Waals surface area contributed by atoms with Crippen molar-refractivity contribution >= 4 is 21.6 Å². The number of nitrogens with zero attached hydrogens (tertiary/aromatic N) is 1. The highest BCUT2D eigenvalue weighted by molar-refractivity contribution is 9.10. The van der Waals surface area contributed by atoms with Gasteiger partial charge >= 0.3 is 0 Å². The van der Waals surface area contributed by atoms with E-state index in [1.165, 1.54) is 5.56 Å². The van der Waals surface area contributed by atoms with Gasteiger partial charge in [0.15, 0.2) is 11.5 Å². The van der Waals surface area contributed by atoms with Crippen LogP contribution in [0.3, 0.4) is 0 Å². The highest BCUT2D eigenvalue weighted by Crippen LogP contribution is 2.39. The van der Waals surface area contributed by atoms with E-state index in [0.717, 1.165) is 26.9 Å². The van der Waals surface area contributed by atoms with E-state index in [4.69, 9.17) is 9.73 Å². The molecule has 0 amide bonds. The number of phenolic OH excluding ortho intramolecular Hbond substituents is 1. The number of aliphatic imine (C=N–C) groups is 1. The van der Waals surface area contributed by atoms with Gasteiger partial charge in [-0.1, -0.05) is 70.0 Å². The molecule has 0 bridgehead atoms. The third kappa shape index (κ3) is 4.42. The minimum Gasteiger partial charge on any atom is -0.504 e. The molecule has 4 nitrogen and oxygen atoms in total. The smallest absolute Gasteiger partial charge is 0.162 e. The molecule has 0 aliphatic carbocycles. The highest BCUT2D eigenvalue weighted by Gasteiger charge is 2.28. The lowest BCUT2D eigenvalue weighted by molar-refractivity contribution is 0.313. The summed E-state index contributed by atoms with van der Waals surface area (Å²) < 4.78 is 6.64. The van der Waals surface area contributed by atoms with Gasteiger partial charge in [0.2, 0.25) is 0 Å². The zero-order valence-corrected chi connectivity index (χ0v) is 18.7. The number of hydrogen-bond acceptors (Lipinski definition) is 4. The molecular weight excluding hydrogens is 440 g/mol. The fourth-order valence-electron chi connectivity index (χ4n) is 3.74. The second-order valence-electron chi connectivity index (χ2n) is 7.45. The molecule has 4 rings (SSSR count). The summed E-state index contributed by atoms with van der Waals surface area (Å²) in [7, 11) is 0. The second-order valence-corrected chi connectivity index (χ2v) is 8.36. The fraction of sp³-hybridized carbons (Fsp3) is 0.240. The highest BCUT2D eigenvalue weighted by atomic mass is 79.9. The lowest BCUT2D eigenvalue weighted by atomic mass is 9.93. The van der Waals surface area contributed by atoms with Crippen LogP contribution in [0.15, 0.2) is 76.2 Å². The first-order valence-corrected chi connectivity index (χ1v) is 10.9. The SMILES string of the molecule is CCOc1cccc([C@H]2CC(c3ccc(Br)cc3)=N[C@@H](c3ccc(C)cc3)N2)c1O. The number of hydrogen-bond donors (Lipinski definition) is 2. The molecule has 1 aliphatic heterocycles. The normalized spacial score (nSPS) is 18.7. The summed E-state index contributed by atoms with van der Waals surface area (Å²) >= 11 is 3.51. The maximum Gasteiger partial charge on any atom is 0.162 e. The van der Waals surface area contributed by atoms with Gasteiger partial charge in [-0.15, -0.1) is 0 Å². The van der Waals surface area contributed by atoms with Crippen LogP contribution in [0, 0.1) is 6.92 Å². The van der Waals surface area contributed by atoms with E-state index < -0.39 is 0 Å². The van der Waals surface area contributed by atoms with Crippen LogP contribution >= 0.6 is 15.9 Å². The van der Waals surface area contributed by atoms with Crippen molar-refractivity contribution in [3.05, 3.63) is 93.5 Å². The first-order chi connectivity index (χ1) is 14.5. The number of para-hydroxylation sites is 1. The number of benzene rings is 3. The van der Waals surface area contributed by atoms with Crippen LogP contribution in [0.5, 0.6) is 11.5 Å². The fourth-order valence-corrected chi connectivity index (χ4v) is 4.00. The van der Waals surface area contributed by atoms with Gasteiger partial charge in [-0.3, -0.25) is 10.3 Å². The first kappa shape index (κ1) is 20.6. The standard InChI is InChI=1S/C25H25BrN2O2/c1-3-30-23-6-4-5-20(24(23)29)22-15-21(17-11-13-19(26)14-12-17)27-25(28-22)18-9-7-16(2)8-10-18/h4-14,22,25,28-29H,3,15H2,1-2H3/t22-,25-/m1/s1. The van der Waals surface area contributed by atoms with E-state index >= 15 is 0 Å². The molecule has 3 aromatic carbocycles. The van der Waals surface area contributed by atoms with Gasteiger partial charge in [0.1, 0.15) is 6.17 Å². The summed E-state index contributed by atoms with van der Waals surface area (Å²) in [6, 6.07) is 22.2. The van der Waals surface area contributed by atoms with Crippen LogP contribution in [0.2, 0.25) is 0 Å². The molecule has 2 N–H and O–H groups in total. The number of aryl methyl sites for hydroxylation is 1. The Labute approximate surface area is 185 Å². The van der Waals surface area contributed by atoms with Gasteiger partial charge in [0, 0.05) is 28.2 Å². The zero-order valence-electron chi connectivity index (χ0n) is 17.1. The summed E-state index contributed by atoms with van der Waals surface area (Å²) in [5.41, 5.74) is 5.23. The molecule has 30 heavy (non-hydrogen) atoms. The maximum absolute atomic E-state index is 10.8. The number of aromatic hydroxyl groups is 1. The van der Waals surface area contributed by atoms with Crippen molar-refractivity contribution in [1.29, 1.82) is 0 Å². The van der Waals surface area contributed by atoms with Crippen LogP contribution in [0.25, 0.3) is 0 Å². The average molecular weight is 465 g/mol. The Balaban J connectivity index is 1.74. The Morgan fingerprint density at radius 3 is 2.50 bits per heavy atom. The molecule has 0 fully saturated rings. The van der Waals surface area contributed by atoms with Gasteiger partial charge in [0.25, 0.3) is 0 Å². The summed E-state index contributed by atoms with van der Waals surface area (Å²) in [6.45, 7) is 4.50.